The average molecular weight is 383 g/mol. The monoisotopic (exact) mass is 383 g/mol. The summed E-state index contributed by atoms with van der Waals surface area (Å²) in [7, 11) is 0. The van der Waals surface area contributed by atoms with Crippen molar-refractivity contribution < 1.29 is 23.6 Å². The minimum atomic E-state index is -1.27. The fourth-order valence-electron chi connectivity index (χ4n) is 2.49. The van der Waals surface area contributed by atoms with E-state index in [1.54, 1.807) is 11.4 Å². The molecule has 0 atom stereocenters. The number of aryl methyl sites for hydroxylation is 1. The van der Waals surface area contributed by atoms with Crippen molar-refractivity contribution in [2.75, 3.05) is 0 Å². The number of halogens is 2. The zero-order valence-electron chi connectivity index (χ0n) is 14.7. The Bertz CT molecular complexity index is 1100. The van der Waals surface area contributed by atoms with Crippen molar-refractivity contribution in [3.63, 3.8) is 0 Å². The number of hydrogen-bond donors (Lipinski definition) is 2. The lowest BCUT2D eigenvalue weighted by atomic mass is 10.1. The normalized spacial score (nSPS) is 11.3. The molecule has 28 heavy (non-hydrogen) atoms. The fraction of sp³-hybridized carbons (Fsp3) is 0.0500. The molecule has 6 nitrogen and oxygen atoms in total. The Morgan fingerprint density at radius 1 is 0.964 bits per heavy atom. The zero-order valence-corrected chi connectivity index (χ0v) is 14.7. The third kappa shape index (κ3) is 4.12. The van der Waals surface area contributed by atoms with E-state index in [9.17, 15) is 23.6 Å². The minimum Gasteiger partial charge on any atom is -0.427 e. The van der Waals surface area contributed by atoms with E-state index in [4.69, 9.17) is 0 Å². The SMILES string of the molecule is Cc1ccc(-c2ccc(=NC(=O)NC(=O)c3c(F)cccc3F)n(O)c2)cc1. The predicted molar refractivity (Wildman–Crippen MR) is 96.6 cm³/mol. The Hall–Kier alpha value is -3.81. The lowest BCUT2D eigenvalue weighted by Gasteiger charge is -2.06. The smallest absolute Gasteiger partial charge is 0.349 e. The molecule has 0 spiro atoms. The second-order valence-corrected chi connectivity index (χ2v) is 5.95. The first-order valence-corrected chi connectivity index (χ1v) is 8.18. The number of aromatic nitrogens is 1. The number of amides is 3. The maximum absolute atomic E-state index is 13.6. The molecule has 1 heterocycles. The number of imide groups is 1. The van der Waals surface area contributed by atoms with E-state index < -0.39 is 29.1 Å². The van der Waals surface area contributed by atoms with Crippen molar-refractivity contribution in [2.45, 2.75) is 6.92 Å². The molecule has 8 heteroatoms. The van der Waals surface area contributed by atoms with Gasteiger partial charge in [0, 0.05) is 5.56 Å². The zero-order chi connectivity index (χ0) is 20.3. The number of carbonyl (C=O) groups is 2. The van der Waals surface area contributed by atoms with Crippen LogP contribution in [0, 0.1) is 18.6 Å². The fourth-order valence-corrected chi connectivity index (χ4v) is 2.49. The molecule has 0 aliphatic rings. The molecule has 1 aromatic heterocycles. The molecule has 3 aromatic rings. The van der Waals surface area contributed by atoms with Gasteiger partial charge in [0.05, 0.1) is 6.20 Å². The van der Waals surface area contributed by atoms with Crippen molar-refractivity contribution in [3.8, 4) is 11.1 Å². The quantitative estimate of drug-likeness (QED) is 0.665. The van der Waals surface area contributed by atoms with Crippen LogP contribution < -0.4 is 10.8 Å². The van der Waals surface area contributed by atoms with E-state index >= 15 is 0 Å². The maximum atomic E-state index is 13.6. The molecule has 142 valence electrons. The molecule has 0 aliphatic carbocycles. The van der Waals surface area contributed by atoms with Crippen LogP contribution in [0.3, 0.4) is 0 Å². The largest absolute Gasteiger partial charge is 0.427 e. The molecular weight excluding hydrogens is 368 g/mol. The van der Waals surface area contributed by atoms with Gasteiger partial charge in [-0.3, -0.25) is 10.1 Å². The van der Waals surface area contributed by atoms with Crippen LogP contribution >= 0.6 is 0 Å². The average Bonchev–Trinajstić information content (AvgIpc) is 2.64. The van der Waals surface area contributed by atoms with Gasteiger partial charge >= 0.3 is 6.03 Å². The number of nitrogens with one attached hydrogen (secondary N) is 1. The van der Waals surface area contributed by atoms with Gasteiger partial charge < -0.3 is 5.21 Å². The maximum Gasteiger partial charge on any atom is 0.349 e. The summed E-state index contributed by atoms with van der Waals surface area (Å²) >= 11 is 0. The highest BCUT2D eigenvalue weighted by Crippen LogP contribution is 2.18. The Morgan fingerprint density at radius 2 is 1.57 bits per heavy atom. The number of nitrogens with zero attached hydrogens (tertiary/aromatic N) is 2. The second-order valence-electron chi connectivity index (χ2n) is 5.95. The van der Waals surface area contributed by atoms with E-state index in [0.717, 1.165) is 29.3 Å². The first-order chi connectivity index (χ1) is 13.3. The first-order valence-electron chi connectivity index (χ1n) is 8.18. The van der Waals surface area contributed by atoms with E-state index in [0.29, 0.717) is 10.3 Å². The summed E-state index contributed by atoms with van der Waals surface area (Å²) in [6.45, 7) is 1.95. The standard InChI is InChI=1S/C20H15F2N3O3/c1-12-5-7-13(8-6-12)14-9-10-17(25(28)11-14)23-20(27)24-19(26)18-15(21)3-2-4-16(18)22/h2-11,28H,1H3,(H,24,26,27). The van der Waals surface area contributed by atoms with Crippen molar-refractivity contribution >= 4 is 11.9 Å². The van der Waals surface area contributed by atoms with E-state index in [1.807, 2.05) is 31.2 Å². The third-order valence-corrected chi connectivity index (χ3v) is 3.92. The molecule has 0 saturated carbocycles. The van der Waals surface area contributed by atoms with Gasteiger partial charge in [-0.1, -0.05) is 35.9 Å². The molecule has 3 rings (SSSR count). The van der Waals surface area contributed by atoms with E-state index in [1.165, 1.54) is 12.3 Å². The van der Waals surface area contributed by atoms with E-state index in [2.05, 4.69) is 4.99 Å². The first kappa shape index (κ1) is 19.0. The molecule has 0 radical (unpaired) electrons. The van der Waals surface area contributed by atoms with Crippen LogP contribution in [0.2, 0.25) is 0 Å². The van der Waals surface area contributed by atoms with Crippen molar-refractivity contribution in [2.24, 2.45) is 4.99 Å². The minimum absolute atomic E-state index is 0.171. The lowest BCUT2D eigenvalue weighted by molar-refractivity contribution is 0.0957. The van der Waals surface area contributed by atoms with Crippen LogP contribution in [-0.4, -0.2) is 21.9 Å². The molecule has 0 unspecified atom stereocenters. The molecule has 0 bridgehead atoms. The lowest BCUT2D eigenvalue weighted by Crippen LogP contribution is -2.32. The summed E-state index contributed by atoms with van der Waals surface area (Å²) in [5.74, 6) is -3.49. The van der Waals surface area contributed by atoms with Crippen molar-refractivity contribution in [3.05, 3.63) is 89.0 Å². The Kier molecular flexibility index (Phi) is 5.30. The molecular formula is C20H15F2N3O3. The summed E-state index contributed by atoms with van der Waals surface area (Å²) in [6, 6.07) is 12.3. The van der Waals surface area contributed by atoms with Gasteiger partial charge in [0.2, 0.25) is 0 Å². The number of hydrogen-bond acceptors (Lipinski definition) is 3. The second kappa shape index (κ2) is 7.83. The van der Waals surface area contributed by atoms with Crippen molar-refractivity contribution in [1.29, 1.82) is 0 Å². The molecule has 0 fully saturated rings. The predicted octanol–water partition coefficient (Wildman–Crippen LogP) is 3.43. The number of pyridine rings is 1. The molecule has 2 aromatic carbocycles. The van der Waals surface area contributed by atoms with Crippen molar-refractivity contribution in [1.82, 2.24) is 10.0 Å². The Balaban J connectivity index is 1.82. The number of carbonyl (C=O) groups excluding carboxylic acids is 2. The van der Waals surface area contributed by atoms with Gasteiger partial charge in [-0.2, -0.15) is 9.72 Å². The molecule has 2 N–H and O–H groups in total. The molecule has 0 aliphatic heterocycles. The van der Waals surface area contributed by atoms with Gasteiger partial charge in [0.1, 0.15) is 17.2 Å². The highest BCUT2D eigenvalue weighted by atomic mass is 19.1. The van der Waals surface area contributed by atoms with Gasteiger partial charge in [0.25, 0.3) is 5.91 Å². The number of benzene rings is 2. The van der Waals surface area contributed by atoms with Crippen LogP contribution in [0.5, 0.6) is 0 Å². The Morgan fingerprint density at radius 3 is 2.18 bits per heavy atom. The third-order valence-electron chi connectivity index (χ3n) is 3.92. The highest BCUT2D eigenvalue weighted by Gasteiger charge is 2.18. The van der Waals surface area contributed by atoms with Gasteiger partial charge in [0.15, 0.2) is 5.49 Å². The van der Waals surface area contributed by atoms with Crippen LogP contribution in [0.25, 0.3) is 11.1 Å². The summed E-state index contributed by atoms with van der Waals surface area (Å²) in [5.41, 5.74) is 1.54. The number of urea groups is 1. The van der Waals surface area contributed by atoms with Gasteiger partial charge in [-0.15, -0.1) is 0 Å². The van der Waals surface area contributed by atoms with Crippen LogP contribution in [-0.2, 0) is 0 Å². The Labute approximate surface area is 158 Å². The van der Waals surface area contributed by atoms with Gasteiger partial charge in [-0.05, 0) is 36.8 Å². The summed E-state index contributed by atoms with van der Waals surface area (Å²) in [4.78, 5) is 27.3. The van der Waals surface area contributed by atoms with Crippen LogP contribution in [0.15, 0.2) is 65.8 Å². The summed E-state index contributed by atoms with van der Waals surface area (Å²) < 4.78 is 27.8. The van der Waals surface area contributed by atoms with Gasteiger partial charge in [-0.25, -0.2) is 13.6 Å². The molecule has 0 saturated heterocycles. The summed E-state index contributed by atoms with van der Waals surface area (Å²) in [5, 5.41) is 11.8. The number of rotatable bonds is 2. The van der Waals surface area contributed by atoms with Crippen LogP contribution in [0.1, 0.15) is 15.9 Å². The summed E-state index contributed by atoms with van der Waals surface area (Å²) in [6.07, 6.45) is 1.34. The van der Waals surface area contributed by atoms with E-state index in [-0.39, 0.29) is 5.49 Å². The topological polar surface area (TPSA) is 83.7 Å². The molecule has 3 amide bonds. The highest BCUT2D eigenvalue weighted by molar-refractivity contribution is 6.04. The van der Waals surface area contributed by atoms with Crippen LogP contribution in [0.4, 0.5) is 13.6 Å².